The van der Waals surface area contributed by atoms with E-state index in [2.05, 4.69) is 5.32 Å². The second-order valence-corrected chi connectivity index (χ2v) is 8.55. The molecule has 0 aromatic heterocycles. The SMILES string of the molecule is FC(F)(F)c1ccc2c(c1)CC(C13CC4CC(CC(C4)C1)C3)N2. The van der Waals surface area contributed by atoms with Crippen molar-refractivity contribution in [2.45, 2.75) is 57.2 Å². The Kier molecular flexibility index (Phi) is 2.75. The van der Waals surface area contributed by atoms with Gasteiger partial charge in [0.25, 0.3) is 0 Å². The van der Waals surface area contributed by atoms with Gasteiger partial charge in [-0.3, -0.25) is 0 Å². The van der Waals surface area contributed by atoms with Gasteiger partial charge < -0.3 is 5.32 Å². The molecular weight excluding hydrogens is 299 g/mol. The van der Waals surface area contributed by atoms with E-state index in [1.807, 2.05) is 0 Å². The summed E-state index contributed by atoms with van der Waals surface area (Å²) in [4.78, 5) is 0. The largest absolute Gasteiger partial charge is 0.416 e. The van der Waals surface area contributed by atoms with E-state index in [0.717, 1.165) is 35.4 Å². The topological polar surface area (TPSA) is 12.0 Å². The first kappa shape index (κ1) is 14.2. The quantitative estimate of drug-likeness (QED) is 0.744. The molecule has 4 heteroatoms. The van der Waals surface area contributed by atoms with Crippen LogP contribution in [-0.4, -0.2) is 6.04 Å². The van der Waals surface area contributed by atoms with Gasteiger partial charge in [-0.15, -0.1) is 0 Å². The number of nitrogens with one attached hydrogen (secondary N) is 1. The third-order valence-electron chi connectivity index (χ3n) is 7.01. The molecule has 4 bridgehead atoms. The fourth-order valence-corrected chi connectivity index (χ4v) is 6.51. The van der Waals surface area contributed by atoms with E-state index in [4.69, 9.17) is 0 Å². The summed E-state index contributed by atoms with van der Waals surface area (Å²) < 4.78 is 38.8. The summed E-state index contributed by atoms with van der Waals surface area (Å²) in [6.45, 7) is 0. The number of rotatable bonds is 1. The average molecular weight is 321 g/mol. The molecule has 1 nitrogen and oxygen atoms in total. The minimum atomic E-state index is -4.24. The van der Waals surface area contributed by atoms with Crippen LogP contribution in [0.1, 0.15) is 49.7 Å². The molecule has 23 heavy (non-hydrogen) atoms. The zero-order valence-electron chi connectivity index (χ0n) is 13.1. The zero-order valence-corrected chi connectivity index (χ0v) is 13.1. The molecule has 0 spiro atoms. The van der Waals surface area contributed by atoms with Gasteiger partial charge in [0.15, 0.2) is 0 Å². The van der Waals surface area contributed by atoms with Crippen molar-refractivity contribution < 1.29 is 13.2 Å². The normalized spacial score (nSPS) is 41.0. The first-order chi connectivity index (χ1) is 10.9. The van der Waals surface area contributed by atoms with Crippen LogP contribution in [0.3, 0.4) is 0 Å². The van der Waals surface area contributed by atoms with Crippen LogP contribution in [0.25, 0.3) is 0 Å². The third-order valence-corrected chi connectivity index (χ3v) is 7.01. The van der Waals surface area contributed by atoms with Crippen molar-refractivity contribution in [2.24, 2.45) is 23.2 Å². The first-order valence-electron chi connectivity index (χ1n) is 8.88. The van der Waals surface area contributed by atoms with E-state index in [0.29, 0.717) is 11.5 Å². The molecule has 1 aliphatic heterocycles. The summed E-state index contributed by atoms with van der Waals surface area (Å²) in [7, 11) is 0. The number of fused-ring (bicyclic) bond motifs is 1. The van der Waals surface area contributed by atoms with Crippen LogP contribution in [0.4, 0.5) is 18.9 Å². The minimum absolute atomic E-state index is 0.339. The van der Waals surface area contributed by atoms with Gasteiger partial charge in [0.1, 0.15) is 0 Å². The lowest BCUT2D eigenvalue weighted by molar-refractivity contribution is -0.137. The molecule has 124 valence electrons. The highest BCUT2D eigenvalue weighted by Gasteiger charge is 2.55. The summed E-state index contributed by atoms with van der Waals surface area (Å²) >= 11 is 0. The molecule has 1 heterocycles. The molecular formula is C19H22F3N. The van der Waals surface area contributed by atoms with Gasteiger partial charge in [-0.1, -0.05) is 0 Å². The van der Waals surface area contributed by atoms with Crippen LogP contribution in [-0.2, 0) is 12.6 Å². The Hall–Kier alpha value is -1.19. The summed E-state index contributed by atoms with van der Waals surface area (Å²) in [5, 5.41) is 3.60. The van der Waals surface area contributed by atoms with Gasteiger partial charge in [-0.25, -0.2) is 0 Å². The van der Waals surface area contributed by atoms with Crippen molar-refractivity contribution in [2.75, 3.05) is 5.32 Å². The minimum Gasteiger partial charge on any atom is -0.381 e. The second kappa shape index (κ2) is 4.46. The maximum Gasteiger partial charge on any atom is 0.416 e. The molecule has 4 fully saturated rings. The Morgan fingerprint density at radius 2 is 1.57 bits per heavy atom. The molecule has 1 aromatic rings. The van der Waals surface area contributed by atoms with Gasteiger partial charge in [0, 0.05) is 11.7 Å². The highest BCUT2D eigenvalue weighted by molar-refractivity contribution is 5.59. The van der Waals surface area contributed by atoms with Gasteiger partial charge in [0.2, 0.25) is 0 Å². The van der Waals surface area contributed by atoms with E-state index in [-0.39, 0.29) is 0 Å². The Morgan fingerprint density at radius 1 is 0.957 bits per heavy atom. The Morgan fingerprint density at radius 3 is 2.13 bits per heavy atom. The molecule has 0 radical (unpaired) electrons. The van der Waals surface area contributed by atoms with Crippen molar-refractivity contribution in [3.8, 4) is 0 Å². The lowest BCUT2D eigenvalue weighted by Crippen LogP contribution is -2.53. The molecule has 1 atom stereocenters. The summed E-state index contributed by atoms with van der Waals surface area (Å²) in [6.07, 6.45) is 4.59. The molecule has 6 rings (SSSR count). The molecule has 1 aromatic carbocycles. The number of benzene rings is 1. The van der Waals surface area contributed by atoms with Crippen molar-refractivity contribution in [3.63, 3.8) is 0 Å². The number of hydrogen-bond acceptors (Lipinski definition) is 1. The first-order valence-corrected chi connectivity index (χ1v) is 8.88. The Labute approximate surface area is 134 Å². The predicted octanol–water partition coefficient (Wildman–Crippen LogP) is 5.26. The number of anilines is 1. The monoisotopic (exact) mass is 321 g/mol. The van der Waals surface area contributed by atoms with Crippen LogP contribution in [0, 0.1) is 23.2 Å². The van der Waals surface area contributed by atoms with Crippen molar-refractivity contribution in [1.29, 1.82) is 0 Å². The summed E-state index contributed by atoms with van der Waals surface area (Å²) in [5.74, 6) is 2.62. The zero-order chi connectivity index (χ0) is 15.8. The standard InChI is InChI=1S/C19H22F3N/c20-19(21,22)15-1-2-16-14(6-15)7-17(23-16)18-8-11-3-12(9-18)5-13(4-11)10-18/h1-2,6,11-13,17,23H,3-5,7-10H2. The van der Waals surface area contributed by atoms with Crippen LogP contribution in [0.5, 0.6) is 0 Å². The summed E-state index contributed by atoms with van der Waals surface area (Å²) in [5.41, 5.74) is 1.62. The van der Waals surface area contributed by atoms with Crippen LogP contribution < -0.4 is 5.32 Å². The van der Waals surface area contributed by atoms with E-state index < -0.39 is 11.7 Å². The highest BCUT2D eigenvalue weighted by atomic mass is 19.4. The Bertz CT molecular complexity index is 613. The van der Waals surface area contributed by atoms with Gasteiger partial charge in [0.05, 0.1) is 5.56 Å². The third kappa shape index (κ3) is 2.13. The van der Waals surface area contributed by atoms with Crippen LogP contribution in [0.2, 0.25) is 0 Å². The molecule has 0 saturated heterocycles. The van der Waals surface area contributed by atoms with Crippen molar-refractivity contribution in [3.05, 3.63) is 29.3 Å². The maximum atomic E-state index is 12.9. The van der Waals surface area contributed by atoms with Gasteiger partial charge >= 0.3 is 6.18 Å². The van der Waals surface area contributed by atoms with E-state index in [1.165, 1.54) is 50.7 Å². The van der Waals surface area contributed by atoms with Gasteiger partial charge in [-0.2, -0.15) is 13.2 Å². The fraction of sp³-hybridized carbons (Fsp3) is 0.684. The van der Waals surface area contributed by atoms with Crippen LogP contribution in [0.15, 0.2) is 18.2 Å². The highest BCUT2D eigenvalue weighted by Crippen LogP contribution is 2.62. The smallest absolute Gasteiger partial charge is 0.381 e. The molecule has 4 aliphatic carbocycles. The number of alkyl halides is 3. The van der Waals surface area contributed by atoms with E-state index >= 15 is 0 Å². The van der Waals surface area contributed by atoms with Crippen molar-refractivity contribution in [1.82, 2.24) is 0 Å². The van der Waals surface area contributed by atoms with E-state index in [9.17, 15) is 13.2 Å². The van der Waals surface area contributed by atoms with E-state index in [1.54, 1.807) is 6.07 Å². The van der Waals surface area contributed by atoms with Gasteiger partial charge in [-0.05, 0) is 91.9 Å². The second-order valence-electron chi connectivity index (χ2n) is 8.55. The van der Waals surface area contributed by atoms with Crippen molar-refractivity contribution >= 4 is 5.69 Å². The maximum absolute atomic E-state index is 12.9. The molecule has 5 aliphatic rings. The molecule has 4 saturated carbocycles. The molecule has 1 N–H and O–H groups in total. The lowest BCUT2D eigenvalue weighted by Gasteiger charge is -2.59. The summed E-state index contributed by atoms with van der Waals surface area (Å²) in [6, 6.07) is 4.56. The Balaban J connectivity index is 1.43. The lowest BCUT2D eigenvalue weighted by atomic mass is 9.47. The average Bonchev–Trinajstić information content (AvgIpc) is 2.88. The van der Waals surface area contributed by atoms with Crippen LogP contribution >= 0.6 is 0 Å². The fourth-order valence-electron chi connectivity index (χ4n) is 6.51. The number of halogens is 3. The molecule has 1 unspecified atom stereocenters. The predicted molar refractivity (Wildman–Crippen MR) is 83.2 cm³/mol. The molecule has 0 amide bonds. The number of hydrogen-bond donors (Lipinski definition) is 1.